The number of para-hydroxylation sites is 1. The van der Waals surface area contributed by atoms with E-state index in [2.05, 4.69) is 15.6 Å². The van der Waals surface area contributed by atoms with Crippen molar-refractivity contribution in [3.05, 3.63) is 59.9 Å². The molecule has 11 nitrogen and oxygen atoms in total. The zero-order valence-electron chi connectivity index (χ0n) is 21.6. The second-order valence-corrected chi connectivity index (χ2v) is 9.28. The molecule has 2 heterocycles. The van der Waals surface area contributed by atoms with Gasteiger partial charge in [0.2, 0.25) is 16.9 Å². The molecule has 1 aromatic heterocycles. The summed E-state index contributed by atoms with van der Waals surface area (Å²) in [5.41, 5.74) is 1.46. The van der Waals surface area contributed by atoms with E-state index >= 15 is 0 Å². The summed E-state index contributed by atoms with van der Waals surface area (Å²) in [6.45, 7) is 3.89. The molecule has 2 amide bonds. The molecular formula is C26H28N5O6S+. The molecule has 0 fully saturated rings. The first kappa shape index (κ1) is 26.7. The molecule has 1 N–H and O–H groups in total. The van der Waals surface area contributed by atoms with Gasteiger partial charge in [0.1, 0.15) is 5.70 Å². The van der Waals surface area contributed by atoms with Crippen LogP contribution in [0.5, 0.6) is 17.2 Å². The molecule has 0 saturated carbocycles. The fourth-order valence-electron chi connectivity index (χ4n) is 3.60. The minimum atomic E-state index is -0.332. The number of aromatic nitrogens is 2. The van der Waals surface area contributed by atoms with Crippen LogP contribution in [0.3, 0.4) is 0 Å². The summed E-state index contributed by atoms with van der Waals surface area (Å²) < 4.78 is 23.0. The van der Waals surface area contributed by atoms with E-state index in [0.29, 0.717) is 33.7 Å². The Morgan fingerprint density at radius 2 is 1.82 bits per heavy atom. The Bertz CT molecular complexity index is 1360. The summed E-state index contributed by atoms with van der Waals surface area (Å²) in [7, 11) is 4.56. The van der Waals surface area contributed by atoms with Gasteiger partial charge in [-0.15, -0.1) is 0 Å². The third kappa shape index (κ3) is 5.80. The third-order valence-corrected chi connectivity index (χ3v) is 6.38. The highest BCUT2D eigenvalue weighted by Gasteiger charge is 2.32. The van der Waals surface area contributed by atoms with E-state index in [-0.39, 0.29) is 35.2 Å². The van der Waals surface area contributed by atoms with Crippen molar-refractivity contribution < 1.29 is 33.0 Å². The third-order valence-electron chi connectivity index (χ3n) is 5.44. The van der Waals surface area contributed by atoms with Gasteiger partial charge in [-0.2, -0.15) is 0 Å². The van der Waals surface area contributed by atoms with Gasteiger partial charge in [-0.05, 0) is 54.4 Å². The van der Waals surface area contributed by atoms with E-state index in [1.165, 1.54) is 26.2 Å². The highest BCUT2D eigenvalue weighted by atomic mass is 32.2. The quantitative estimate of drug-likeness (QED) is 0.324. The molecule has 3 aromatic rings. The smallest absolute Gasteiger partial charge is 0.302 e. The van der Waals surface area contributed by atoms with Gasteiger partial charge in [0.25, 0.3) is 12.1 Å². The first-order chi connectivity index (χ1) is 18.3. The summed E-state index contributed by atoms with van der Waals surface area (Å²) in [5, 5.41) is 6.90. The lowest BCUT2D eigenvalue weighted by Gasteiger charge is -2.17. The van der Waals surface area contributed by atoms with Crippen LogP contribution < -0.4 is 29.1 Å². The van der Waals surface area contributed by atoms with E-state index in [1.807, 2.05) is 32.0 Å². The average Bonchev–Trinajstić information content (AvgIpc) is 3.51. The molecule has 2 aromatic carbocycles. The molecule has 38 heavy (non-hydrogen) atoms. The maximum absolute atomic E-state index is 13.5. The molecule has 0 unspecified atom stereocenters. The number of nitrogens with zero attached hydrogens (tertiary/aromatic N) is 4. The van der Waals surface area contributed by atoms with Crippen molar-refractivity contribution in [2.75, 3.05) is 37.3 Å². The number of hydrogen-bond donors (Lipinski definition) is 1. The van der Waals surface area contributed by atoms with Crippen molar-refractivity contribution >= 4 is 46.4 Å². The van der Waals surface area contributed by atoms with Crippen molar-refractivity contribution in [2.24, 2.45) is 4.99 Å². The number of methoxy groups -OCH3 is 3. The van der Waals surface area contributed by atoms with E-state index in [1.54, 1.807) is 41.2 Å². The molecule has 1 aliphatic heterocycles. The summed E-state index contributed by atoms with van der Waals surface area (Å²) >= 11 is 1.13. The summed E-state index contributed by atoms with van der Waals surface area (Å²) in [5.74, 6) is 0.910. The van der Waals surface area contributed by atoms with Gasteiger partial charge in [-0.3, -0.25) is 24.3 Å². The van der Waals surface area contributed by atoms with Crippen LogP contribution in [-0.2, 0) is 9.59 Å². The van der Waals surface area contributed by atoms with Gasteiger partial charge in [-0.25, -0.2) is 4.99 Å². The molecule has 0 aliphatic carbocycles. The van der Waals surface area contributed by atoms with Crippen LogP contribution in [0.25, 0.3) is 6.08 Å². The van der Waals surface area contributed by atoms with Crippen LogP contribution in [0.1, 0.15) is 25.5 Å². The number of carbonyl (C=O) groups excluding carboxylic acids is 2. The number of amidine groups is 1. The zero-order chi connectivity index (χ0) is 27.2. The predicted molar refractivity (Wildman–Crippen MR) is 144 cm³/mol. The van der Waals surface area contributed by atoms with Crippen molar-refractivity contribution in [1.82, 2.24) is 5.27 Å². The van der Waals surface area contributed by atoms with Crippen LogP contribution in [0.2, 0.25) is 0 Å². The molecule has 0 saturated heterocycles. The Kier molecular flexibility index (Phi) is 8.31. The van der Waals surface area contributed by atoms with E-state index < -0.39 is 0 Å². The summed E-state index contributed by atoms with van der Waals surface area (Å²) in [6, 6.07) is 12.7. The Balaban J connectivity index is 1.60. The lowest BCUT2D eigenvalue weighted by atomic mass is 10.1. The fourth-order valence-corrected chi connectivity index (χ4v) is 4.41. The number of aliphatic imine (C=N–C) groups is 1. The number of nitrogens with one attached hydrogen (secondary N) is 1. The monoisotopic (exact) mass is 538 g/mol. The zero-order valence-corrected chi connectivity index (χ0v) is 22.4. The van der Waals surface area contributed by atoms with Crippen molar-refractivity contribution in [2.45, 2.75) is 19.9 Å². The molecule has 12 heteroatoms. The number of ether oxygens (including phenoxy) is 3. The van der Waals surface area contributed by atoms with Crippen LogP contribution in [0, 0.1) is 0 Å². The Morgan fingerprint density at radius 1 is 1.13 bits per heavy atom. The van der Waals surface area contributed by atoms with Gasteiger partial charge in [0.15, 0.2) is 22.7 Å². The molecule has 0 radical (unpaired) electrons. The second kappa shape index (κ2) is 11.8. The number of thioether (sulfide) groups is 1. The van der Waals surface area contributed by atoms with E-state index in [9.17, 15) is 9.59 Å². The van der Waals surface area contributed by atoms with E-state index in [4.69, 9.17) is 18.7 Å². The molecule has 0 bridgehead atoms. The lowest BCUT2D eigenvalue weighted by molar-refractivity contribution is -0.779. The largest absolute Gasteiger partial charge is 0.493 e. The topological polar surface area (TPSA) is 119 Å². The molecule has 4 rings (SSSR count). The van der Waals surface area contributed by atoms with Gasteiger partial charge < -0.3 is 14.2 Å². The molecule has 0 atom stereocenters. The standard InChI is InChI=1S/C26H27N5O6S/c1-16(2)30-14-23(37-29-30)28-22(32)15-38-26-27-19(25(33)31(26)18-9-7-6-8-10-18)11-17-12-20(34-3)24(36-5)21(13-17)35-4/h6-14,16H,15H2,1-5H3/p+1/b19-11+. The predicted octanol–water partition coefficient (Wildman–Crippen LogP) is 3.68. The van der Waals surface area contributed by atoms with Crippen molar-refractivity contribution in [3.63, 3.8) is 0 Å². The lowest BCUT2D eigenvalue weighted by Crippen LogP contribution is -2.37. The van der Waals surface area contributed by atoms with Crippen LogP contribution in [-0.4, -0.2) is 49.3 Å². The number of rotatable bonds is 9. The highest BCUT2D eigenvalue weighted by molar-refractivity contribution is 8.14. The Morgan fingerprint density at radius 3 is 2.39 bits per heavy atom. The van der Waals surface area contributed by atoms with Crippen molar-refractivity contribution in [1.29, 1.82) is 0 Å². The van der Waals surface area contributed by atoms with Gasteiger partial charge >= 0.3 is 5.88 Å². The normalized spacial score (nSPS) is 14.2. The Hall–Kier alpha value is -4.32. The molecule has 198 valence electrons. The second-order valence-electron chi connectivity index (χ2n) is 8.34. The first-order valence-electron chi connectivity index (χ1n) is 11.6. The van der Waals surface area contributed by atoms with Gasteiger partial charge in [0, 0.05) is 0 Å². The molecule has 0 spiro atoms. The van der Waals surface area contributed by atoms with Crippen molar-refractivity contribution in [3.8, 4) is 17.2 Å². The first-order valence-corrected chi connectivity index (χ1v) is 12.6. The van der Waals surface area contributed by atoms with Crippen LogP contribution in [0.4, 0.5) is 11.6 Å². The number of carbonyl (C=O) groups is 2. The number of anilines is 2. The minimum absolute atomic E-state index is 0.00468. The number of amides is 2. The minimum Gasteiger partial charge on any atom is -0.493 e. The number of benzene rings is 2. The average molecular weight is 539 g/mol. The molecular weight excluding hydrogens is 510 g/mol. The number of hydrogen-bond acceptors (Lipinski definition) is 9. The molecule has 1 aliphatic rings. The van der Waals surface area contributed by atoms with E-state index in [0.717, 1.165) is 11.8 Å². The maximum Gasteiger partial charge on any atom is 0.302 e. The highest BCUT2D eigenvalue weighted by Crippen LogP contribution is 2.39. The Labute approximate surface area is 224 Å². The SMILES string of the molecule is COc1cc(/C=C2/N=C(SCC(=O)Nc3c[n+](C(C)C)no3)N(c3ccccc3)C2=O)cc(OC)c1OC. The van der Waals surface area contributed by atoms with Gasteiger partial charge in [0.05, 0.1) is 32.8 Å². The maximum atomic E-state index is 13.5. The fraction of sp³-hybridized carbons (Fsp3) is 0.269. The summed E-state index contributed by atoms with van der Waals surface area (Å²) in [6.07, 6.45) is 3.24. The van der Waals surface area contributed by atoms with Gasteiger partial charge in [-0.1, -0.05) is 30.0 Å². The summed E-state index contributed by atoms with van der Waals surface area (Å²) in [4.78, 5) is 32.1. The van der Waals surface area contributed by atoms with Crippen LogP contribution >= 0.6 is 11.8 Å². The van der Waals surface area contributed by atoms with Crippen LogP contribution in [0.15, 0.2) is 63.9 Å².